The Kier molecular flexibility index (Phi) is 2.43. The molecule has 96 valence electrons. The summed E-state index contributed by atoms with van der Waals surface area (Å²) in [5.41, 5.74) is 5.33. The number of hydrogen-bond donors (Lipinski definition) is 0. The van der Waals surface area contributed by atoms with Crippen LogP contribution in [0.5, 0.6) is 0 Å². The third-order valence-corrected chi connectivity index (χ3v) is 4.00. The largest absolute Gasteiger partial charge is 0.294 e. The van der Waals surface area contributed by atoms with E-state index in [1.807, 2.05) is 24.4 Å². The molecule has 0 unspecified atom stereocenters. The van der Waals surface area contributed by atoms with Crippen LogP contribution in [0.1, 0.15) is 22.3 Å². The first kappa shape index (κ1) is 11.4. The van der Waals surface area contributed by atoms with Crippen molar-refractivity contribution in [3.05, 3.63) is 65.9 Å². The molecule has 0 amide bonds. The summed E-state index contributed by atoms with van der Waals surface area (Å²) >= 11 is 0. The molecule has 1 aliphatic rings. The Morgan fingerprint density at radius 1 is 0.800 bits per heavy atom. The van der Waals surface area contributed by atoms with Gasteiger partial charge < -0.3 is 0 Å². The number of Topliss-reactive ketones (excluding diaryl/α,β-unsaturated/α-hetero) is 1. The van der Waals surface area contributed by atoms with E-state index in [0.717, 1.165) is 34.0 Å². The molecule has 0 saturated carbocycles. The summed E-state index contributed by atoms with van der Waals surface area (Å²) in [7, 11) is 0. The highest BCUT2D eigenvalue weighted by atomic mass is 16.1. The fourth-order valence-corrected chi connectivity index (χ4v) is 3.06. The van der Waals surface area contributed by atoms with Crippen LogP contribution >= 0.6 is 0 Å². The zero-order chi connectivity index (χ0) is 13.5. The average molecular weight is 259 g/mol. The predicted octanol–water partition coefficient (Wildman–Crippen LogP) is 4.03. The van der Waals surface area contributed by atoms with Gasteiger partial charge in [0.2, 0.25) is 0 Å². The minimum absolute atomic E-state index is 0.259. The second-order valence-corrected chi connectivity index (χ2v) is 5.14. The predicted molar refractivity (Wildman–Crippen MR) is 79.8 cm³/mol. The number of pyridine rings is 1. The van der Waals surface area contributed by atoms with Crippen molar-refractivity contribution < 1.29 is 4.79 Å². The van der Waals surface area contributed by atoms with E-state index < -0.39 is 0 Å². The number of carbonyl (C=O) groups excluding carboxylic acids is 1. The van der Waals surface area contributed by atoms with E-state index in [4.69, 9.17) is 0 Å². The van der Waals surface area contributed by atoms with Crippen LogP contribution in [-0.2, 0) is 6.42 Å². The standard InChI is InChI=1S/C18H13NO/c20-17-10-9-14-13(6-2-7-15(14)17)16-8-1-4-12-5-3-11-19-18(12)16/h1-8,11H,9-10H2. The van der Waals surface area contributed by atoms with Crippen LogP contribution in [0.15, 0.2) is 54.7 Å². The summed E-state index contributed by atoms with van der Waals surface area (Å²) in [4.78, 5) is 16.4. The Bertz CT molecular complexity index is 830. The number of ketones is 1. The highest BCUT2D eigenvalue weighted by Crippen LogP contribution is 2.35. The molecule has 0 saturated heterocycles. The van der Waals surface area contributed by atoms with Gasteiger partial charge in [-0.25, -0.2) is 0 Å². The molecular formula is C18H13NO. The summed E-state index contributed by atoms with van der Waals surface area (Å²) in [5, 5.41) is 1.13. The van der Waals surface area contributed by atoms with Gasteiger partial charge in [0, 0.05) is 29.1 Å². The molecule has 0 N–H and O–H groups in total. The van der Waals surface area contributed by atoms with Gasteiger partial charge >= 0.3 is 0 Å². The maximum absolute atomic E-state index is 11.9. The molecule has 0 spiro atoms. The molecule has 20 heavy (non-hydrogen) atoms. The Morgan fingerprint density at radius 3 is 2.50 bits per heavy atom. The van der Waals surface area contributed by atoms with E-state index >= 15 is 0 Å². The van der Waals surface area contributed by atoms with Gasteiger partial charge in [-0.05, 0) is 23.6 Å². The second-order valence-electron chi connectivity index (χ2n) is 5.14. The summed E-state index contributed by atoms with van der Waals surface area (Å²) in [6.45, 7) is 0. The van der Waals surface area contributed by atoms with Crippen molar-refractivity contribution in [2.75, 3.05) is 0 Å². The maximum atomic E-state index is 11.9. The van der Waals surface area contributed by atoms with Crippen molar-refractivity contribution in [3.63, 3.8) is 0 Å². The first-order chi connectivity index (χ1) is 9.84. The van der Waals surface area contributed by atoms with Gasteiger partial charge in [0.15, 0.2) is 5.78 Å². The van der Waals surface area contributed by atoms with Gasteiger partial charge in [-0.3, -0.25) is 9.78 Å². The van der Waals surface area contributed by atoms with E-state index in [9.17, 15) is 4.79 Å². The van der Waals surface area contributed by atoms with Gasteiger partial charge in [-0.1, -0.05) is 42.5 Å². The third-order valence-electron chi connectivity index (χ3n) is 4.00. The number of fused-ring (bicyclic) bond motifs is 2. The summed E-state index contributed by atoms with van der Waals surface area (Å²) in [6, 6.07) is 16.2. The van der Waals surface area contributed by atoms with E-state index in [1.165, 1.54) is 5.56 Å². The molecule has 1 aliphatic carbocycles. The lowest BCUT2D eigenvalue weighted by Crippen LogP contribution is -1.93. The molecule has 1 aromatic heterocycles. The van der Waals surface area contributed by atoms with E-state index in [0.29, 0.717) is 6.42 Å². The first-order valence-electron chi connectivity index (χ1n) is 6.84. The number of hydrogen-bond acceptors (Lipinski definition) is 2. The first-order valence-corrected chi connectivity index (χ1v) is 6.84. The molecule has 0 bridgehead atoms. The van der Waals surface area contributed by atoms with Crippen molar-refractivity contribution in [2.24, 2.45) is 0 Å². The summed E-state index contributed by atoms with van der Waals surface area (Å²) < 4.78 is 0. The molecular weight excluding hydrogens is 246 g/mol. The van der Waals surface area contributed by atoms with Crippen molar-refractivity contribution in [3.8, 4) is 11.1 Å². The molecule has 1 heterocycles. The number of carbonyl (C=O) groups is 1. The van der Waals surface area contributed by atoms with Crippen LogP contribution in [0, 0.1) is 0 Å². The van der Waals surface area contributed by atoms with Gasteiger partial charge in [0.1, 0.15) is 0 Å². The Labute approximate surface area is 117 Å². The molecule has 0 atom stereocenters. The van der Waals surface area contributed by atoms with Crippen LogP contribution in [0.25, 0.3) is 22.0 Å². The zero-order valence-corrected chi connectivity index (χ0v) is 11.0. The number of benzene rings is 2. The normalized spacial score (nSPS) is 13.7. The molecule has 3 aromatic rings. The number of aromatic nitrogens is 1. The van der Waals surface area contributed by atoms with Crippen LogP contribution in [-0.4, -0.2) is 10.8 Å². The Morgan fingerprint density at radius 2 is 1.55 bits per heavy atom. The molecule has 2 nitrogen and oxygen atoms in total. The van der Waals surface area contributed by atoms with Crippen LogP contribution in [0.4, 0.5) is 0 Å². The molecule has 0 aliphatic heterocycles. The molecule has 4 rings (SSSR count). The third kappa shape index (κ3) is 1.58. The van der Waals surface area contributed by atoms with E-state index in [-0.39, 0.29) is 5.78 Å². The van der Waals surface area contributed by atoms with Crippen LogP contribution < -0.4 is 0 Å². The van der Waals surface area contributed by atoms with E-state index in [1.54, 1.807) is 0 Å². The second kappa shape index (κ2) is 4.27. The smallest absolute Gasteiger partial charge is 0.163 e. The lowest BCUT2D eigenvalue weighted by Gasteiger charge is -2.10. The lowest BCUT2D eigenvalue weighted by atomic mass is 9.95. The molecule has 0 radical (unpaired) electrons. The van der Waals surface area contributed by atoms with Gasteiger partial charge in [0.05, 0.1) is 5.52 Å². The molecule has 0 fully saturated rings. The fourth-order valence-electron chi connectivity index (χ4n) is 3.06. The zero-order valence-electron chi connectivity index (χ0n) is 11.0. The minimum atomic E-state index is 0.259. The Balaban J connectivity index is 2.04. The quantitative estimate of drug-likeness (QED) is 0.660. The number of para-hydroxylation sites is 1. The van der Waals surface area contributed by atoms with Crippen molar-refractivity contribution >= 4 is 16.7 Å². The van der Waals surface area contributed by atoms with Crippen molar-refractivity contribution in [2.45, 2.75) is 12.8 Å². The minimum Gasteiger partial charge on any atom is -0.294 e. The highest BCUT2D eigenvalue weighted by Gasteiger charge is 2.22. The van der Waals surface area contributed by atoms with E-state index in [2.05, 4.69) is 35.3 Å². The topological polar surface area (TPSA) is 30.0 Å². The highest BCUT2D eigenvalue weighted by molar-refractivity contribution is 6.04. The lowest BCUT2D eigenvalue weighted by molar-refractivity contribution is 0.0994. The van der Waals surface area contributed by atoms with Crippen molar-refractivity contribution in [1.82, 2.24) is 4.98 Å². The van der Waals surface area contributed by atoms with Gasteiger partial charge in [-0.15, -0.1) is 0 Å². The Hall–Kier alpha value is -2.48. The number of rotatable bonds is 1. The monoisotopic (exact) mass is 259 g/mol. The fraction of sp³-hybridized carbons (Fsp3) is 0.111. The van der Waals surface area contributed by atoms with Gasteiger partial charge in [0.25, 0.3) is 0 Å². The van der Waals surface area contributed by atoms with Crippen LogP contribution in [0.3, 0.4) is 0 Å². The average Bonchev–Trinajstić information content (AvgIpc) is 2.88. The van der Waals surface area contributed by atoms with Gasteiger partial charge in [-0.2, -0.15) is 0 Å². The van der Waals surface area contributed by atoms with Crippen LogP contribution in [0.2, 0.25) is 0 Å². The summed E-state index contributed by atoms with van der Waals surface area (Å²) in [6.07, 6.45) is 3.29. The maximum Gasteiger partial charge on any atom is 0.163 e. The summed E-state index contributed by atoms with van der Waals surface area (Å²) in [5.74, 6) is 0.259. The molecule has 2 heteroatoms. The number of nitrogens with zero attached hydrogens (tertiary/aromatic N) is 1. The molecule has 2 aromatic carbocycles. The SMILES string of the molecule is O=C1CCc2c1cccc2-c1cccc2cccnc12. The van der Waals surface area contributed by atoms with Crippen molar-refractivity contribution in [1.29, 1.82) is 0 Å².